The molecule has 0 aliphatic heterocycles. The molecule has 0 heterocycles. The number of amides is 1. The van der Waals surface area contributed by atoms with Crippen molar-refractivity contribution in [1.29, 1.82) is 0 Å². The van der Waals surface area contributed by atoms with Gasteiger partial charge in [-0.1, -0.05) is 18.2 Å². The first-order chi connectivity index (χ1) is 7.25. The van der Waals surface area contributed by atoms with E-state index < -0.39 is 0 Å². The normalized spacial score (nSPS) is 14.5. The number of aryl methyl sites for hydroxylation is 2. The highest BCUT2D eigenvalue weighted by atomic mass is 79.9. The van der Waals surface area contributed by atoms with Crippen LogP contribution in [0.4, 0.5) is 4.79 Å². The maximum Gasteiger partial charge on any atom is 0.287 e. The van der Waals surface area contributed by atoms with Crippen molar-refractivity contribution < 1.29 is 4.79 Å². The van der Waals surface area contributed by atoms with E-state index in [0.29, 0.717) is 6.54 Å². The minimum absolute atomic E-state index is 0.153. The Labute approximate surface area is 98.2 Å². The van der Waals surface area contributed by atoms with Gasteiger partial charge in [-0.05, 0) is 42.4 Å². The Morgan fingerprint density at radius 3 is 2.73 bits per heavy atom. The van der Waals surface area contributed by atoms with Gasteiger partial charge in [0, 0.05) is 22.5 Å². The predicted octanol–water partition coefficient (Wildman–Crippen LogP) is 3.17. The zero-order valence-electron chi connectivity index (χ0n) is 8.55. The molecule has 2 rings (SSSR count). The van der Waals surface area contributed by atoms with Gasteiger partial charge in [0.2, 0.25) is 0 Å². The highest BCUT2D eigenvalue weighted by molar-refractivity contribution is 9.18. The molecule has 0 atom stereocenters. The highest BCUT2D eigenvalue weighted by Gasteiger charge is 2.09. The van der Waals surface area contributed by atoms with Gasteiger partial charge in [0.15, 0.2) is 0 Å². The summed E-state index contributed by atoms with van der Waals surface area (Å²) in [5.41, 5.74) is 4.13. The van der Waals surface area contributed by atoms with E-state index in [1.165, 1.54) is 42.4 Å². The lowest BCUT2D eigenvalue weighted by molar-refractivity contribution is 0.261. The summed E-state index contributed by atoms with van der Waals surface area (Å²) < 4.78 is 0. The Bertz CT molecular complexity index is 376. The summed E-state index contributed by atoms with van der Waals surface area (Å²) in [6.45, 7) is 0.608. The molecule has 2 nitrogen and oxygen atoms in total. The standard InChI is InChI=1S/C12H14BrNO/c13-12(15)14-8-9-5-6-10-3-1-2-4-11(10)7-9/h5-7H,1-4,8H2,(H,14,15). The third kappa shape index (κ3) is 2.81. The molecule has 0 spiro atoms. The van der Waals surface area contributed by atoms with Crippen molar-refractivity contribution in [2.24, 2.45) is 0 Å². The summed E-state index contributed by atoms with van der Waals surface area (Å²) in [6, 6.07) is 6.52. The van der Waals surface area contributed by atoms with Crippen LogP contribution >= 0.6 is 15.9 Å². The summed E-state index contributed by atoms with van der Waals surface area (Å²) in [4.78, 5) is 10.6. The third-order valence-corrected chi connectivity index (χ3v) is 3.12. The van der Waals surface area contributed by atoms with Gasteiger partial charge in [-0.25, -0.2) is 0 Å². The number of hydrogen-bond donors (Lipinski definition) is 1. The number of fused-ring (bicyclic) bond motifs is 1. The molecule has 0 saturated heterocycles. The number of carbonyl (C=O) groups is 1. The molecule has 0 fully saturated rings. The minimum Gasteiger partial charge on any atom is -0.343 e. The zero-order valence-corrected chi connectivity index (χ0v) is 10.1. The fourth-order valence-corrected chi connectivity index (χ4v) is 2.21. The topological polar surface area (TPSA) is 29.1 Å². The molecule has 80 valence electrons. The number of halogens is 1. The summed E-state index contributed by atoms with van der Waals surface area (Å²) in [5.74, 6) is 0. The van der Waals surface area contributed by atoms with Gasteiger partial charge >= 0.3 is 0 Å². The summed E-state index contributed by atoms with van der Waals surface area (Å²) in [6.07, 6.45) is 5.00. The van der Waals surface area contributed by atoms with Gasteiger partial charge in [-0.15, -0.1) is 0 Å². The van der Waals surface area contributed by atoms with Gasteiger partial charge < -0.3 is 5.32 Å². The molecular formula is C12H14BrNO. The summed E-state index contributed by atoms with van der Waals surface area (Å²) >= 11 is 2.86. The maximum atomic E-state index is 10.7. The molecule has 1 aromatic rings. The van der Waals surface area contributed by atoms with Crippen LogP contribution in [0, 0.1) is 0 Å². The molecular weight excluding hydrogens is 254 g/mol. The number of carbonyl (C=O) groups excluding carboxylic acids is 1. The Hall–Kier alpha value is -0.830. The quantitative estimate of drug-likeness (QED) is 0.647. The fraction of sp³-hybridized carbons (Fsp3) is 0.417. The van der Waals surface area contributed by atoms with E-state index in [1.807, 2.05) is 0 Å². The number of hydrogen-bond acceptors (Lipinski definition) is 1. The van der Waals surface area contributed by atoms with Gasteiger partial charge in [-0.3, -0.25) is 4.79 Å². The largest absolute Gasteiger partial charge is 0.343 e. The summed E-state index contributed by atoms with van der Waals surface area (Å²) in [5, 5.41) is 2.75. The molecule has 0 unspecified atom stereocenters. The first-order valence-corrected chi connectivity index (χ1v) is 6.09. The van der Waals surface area contributed by atoms with Gasteiger partial charge in [0.05, 0.1) is 0 Å². The van der Waals surface area contributed by atoms with Crippen molar-refractivity contribution in [2.45, 2.75) is 32.2 Å². The van der Waals surface area contributed by atoms with Crippen LogP contribution in [0.2, 0.25) is 0 Å². The van der Waals surface area contributed by atoms with Crippen LogP contribution in [0.5, 0.6) is 0 Å². The average Bonchev–Trinajstić information content (AvgIpc) is 2.26. The third-order valence-electron chi connectivity index (χ3n) is 2.84. The van der Waals surface area contributed by atoms with Crippen LogP contribution in [0.15, 0.2) is 18.2 Å². The second-order valence-corrected chi connectivity index (χ2v) is 4.66. The van der Waals surface area contributed by atoms with Crippen molar-refractivity contribution >= 4 is 20.7 Å². The second kappa shape index (κ2) is 4.79. The van der Waals surface area contributed by atoms with Crippen LogP contribution in [0.1, 0.15) is 29.5 Å². The first kappa shape index (κ1) is 10.7. The molecule has 1 amide bonds. The lowest BCUT2D eigenvalue weighted by atomic mass is 9.90. The maximum absolute atomic E-state index is 10.7. The van der Waals surface area contributed by atoms with Crippen LogP contribution in [0.3, 0.4) is 0 Å². The molecule has 1 aliphatic carbocycles. The van der Waals surface area contributed by atoms with Crippen LogP contribution in [-0.4, -0.2) is 4.82 Å². The summed E-state index contributed by atoms with van der Waals surface area (Å²) in [7, 11) is 0. The van der Waals surface area contributed by atoms with Gasteiger partial charge in [0.25, 0.3) is 4.82 Å². The van der Waals surface area contributed by atoms with E-state index in [2.05, 4.69) is 39.4 Å². The van der Waals surface area contributed by atoms with E-state index >= 15 is 0 Å². The van der Waals surface area contributed by atoms with Gasteiger partial charge in [-0.2, -0.15) is 0 Å². The molecule has 15 heavy (non-hydrogen) atoms. The first-order valence-electron chi connectivity index (χ1n) is 5.30. The van der Waals surface area contributed by atoms with E-state index in [4.69, 9.17) is 0 Å². The Kier molecular flexibility index (Phi) is 3.41. The Morgan fingerprint density at radius 2 is 2.00 bits per heavy atom. The molecule has 0 aromatic heterocycles. The molecule has 0 radical (unpaired) electrons. The molecule has 0 bridgehead atoms. The lowest BCUT2D eigenvalue weighted by Crippen LogP contribution is -2.15. The van der Waals surface area contributed by atoms with E-state index in [1.54, 1.807) is 0 Å². The van der Waals surface area contributed by atoms with Crippen LogP contribution in [0.25, 0.3) is 0 Å². The molecule has 1 N–H and O–H groups in total. The van der Waals surface area contributed by atoms with Crippen molar-refractivity contribution in [3.63, 3.8) is 0 Å². The highest BCUT2D eigenvalue weighted by Crippen LogP contribution is 2.22. The molecule has 1 aliphatic rings. The van der Waals surface area contributed by atoms with Crippen molar-refractivity contribution in [2.75, 3.05) is 0 Å². The van der Waals surface area contributed by atoms with Crippen molar-refractivity contribution in [1.82, 2.24) is 5.32 Å². The average molecular weight is 268 g/mol. The van der Waals surface area contributed by atoms with E-state index in [9.17, 15) is 4.79 Å². The van der Waals surface area contributed by atoms with Crippen LogP contribution in [-0.2, 0) is 19.4 Å². The molecule has 1 aromatic carbocycles. The number of rotatable bonds is 2. The second-order valence-electron chi connectivity index (χ2n) is 3.94. The monoisotopic (exact) mass is 267 g/mol. The Morgan fingerprint density at radius 1 is 1.27 bits per heavy atom. The van der Waals surface area contributed by atoms with Crippen LogP contribution < -0.4 is 5.32 Å². The smallest absolute Gasteiger partial charge is 0.287 e. The van der Waals surface area contributed by atoms with Crippen molar-refractivity contribution in [3.8, 4) is 0 Å². The number of nitrogens with one attached hydrogen (secondary N) is 1. The fourth-order valence-electron chi connectivity index (χ4n) is 2.07. The van der Waals surface area contributed by atoms with Crippen molar-refractivity contribution in [3.05, 3.63) is 34.9 Å². The van der Waals surface area contributed by atoms with Gasteiger partial charge in [0.1, 0.15) is 0 Å². The minimum atomic E-state index is -0.153. The predicted molar refractivity (Wildman–Crippen MR) is 64.2 cm³/mol. The molecule has 3 heteroatoms. The zero-order chi connectivity index (χ0) is 10.7. The lowest BCUT2D eigenvalue weighted by Gasteiger charge is -2.16. The number of benzene rings is 1. The Balaban J connectivity index is 2.10. The SMILES string of the molecule is O=C(Br)NCc1ccc2c(c1)CCCC2. The molecule has 0 saturated carbocycles. The van der Waals surface area contributed by atoms with E-state index in [-0.39, 0.29) is 4.82 Å². The van der Waals surface area contributed by atoms with E-state index in [0.717, 1.165) is 0 Å².